The van der Waals surface area contributed by atoms with E-state index in [-0.39, 0.29) is 31.8 Å². The summed E-state index contributed by atoms with van der Waals surface area (Å²) in [4.78, 5) is 52.9. The van der Waals surface area contributed by atoms with E-state index in [2.05, 4.69) is 20.9 Å². The van der Waals surface area contributed by atoms with Crippen molar-refractivity contribution >= 4 is 53.2 Å². The molecule has 0 spiro atoms. The lowest BCUT2D eigenvalue weighted by Crippen LogP contribution is -2.58. The lowest BCUT2D eigenvalue weighted by atomic mass is 10.1. The zero-order chi connectivity index (χ0) is 26.1. The first-order chi connectivity index (χ1) is 16.1. The molecule has 196 valence electrons. The summed E-state index contributed by atoms with van der Waals surface area (Å²) >= 11 is 2.89. The number of hydrogen-bond acceptors (Lipinski definition) is 9. The molecule has 15 heteroatoms. The van der Waals surface area contributed by atoms with Crippen molar-refractivity contribution in [1.82, 2.24) is 16.0 Å². The number of thioether (sulfide) groups is 2. The summed E-state index contributed by atoms with van der Waals surface area (Å²) < 4.78 is 0. The van der Waals surface area contributed by atoms with E-state index in [0.717, 1.165) is 0 Å². The molecule has 3 amide bonds. The van der Waals surface area contributed by atoms with Crippen molar-refractivity contribution in [2.75, 3.05) is 37.2 Å². The van der Waals surface area contributed by atoms with E-state index < -0.39 is 54.5 Å². The number of carbonyl (C=O) groups is 4. The number of aliphatic imine (C=N–C) groups is 1. The highest BCUT2D eigenvalue weighted by Crippen LogP contribution is 2.06. The first-order valence-electron chi connectivity index (χ1n) is 10.6. The number of nitrogens with two attached hydrogens (primary N) is 3. The normalized spacial score (nSPS) is 14.2. The van der Waals surface area contributed by atoms with Crippen LogP contribution < -0.4 is 33.2 Å². The van der Waals surface area contributed by atoms with Gasteiger partial charge in [-0.05, 0) is 49.7 Å². The summed E-state index contributed by atoms with van der Waals surface area (Å²) in [5, 5.41) is 26.2. The van der Waals surface area contributed by atoms with Crippen molar-refractivity contribution in [2.24, 2.45) is 22.2 Å². The molecule has 0 aliphatic carbocycles. The molecular weight excluding hydrogens is 486 g/mol. The minimum Gasteiger partial charge on any atom is -0.480 e. The third-order valence-electron chi connectivity index (χ3n) is 4.59. The Morgan fingerprint density at radius 3 is 1.85 bits per heavy atom. The lowest BCUT2D eigenvalue weighted by molar-refractivity contribution is -0.142. The van der Waals surface area contributed by atoms with Gasteiger partial charge in [-0.25, -0.2) is 4.79 Å². The van der Waals surface area contributed by atoms with E-state index in [1.165, 1.54) is 23.5 Å². The van der Waals surface area contributed by atoms with Gasteiger partial charge in [-0.1, -0.05) is 0 Å². The SMILES string of the molecule is CSCCC(NC(=O)C(CCSC)NC(=O)C(CO)NC(=O)C(N)CCCN=C(N)N)C(=O)O. The van der Waals surface area contributed by atoms with Crippen LogP contribution in [-0.2, 0) is 19.2 Å². The fourth-order valence-electron chi connectivity index (χ4n) is 2.67. The van der Waals surface area contributed by atoms with E-state index in [9.17, 15) is 29.4 Å². The van der Waals surface area contributed by atoms with Crippen LogP contribution in [0.2, 0.25) is 0 Å². The molecule has 0 aliphatic heterocycles. The molecular formula is C19H37N7O6S2. The molecule has 13 nitrogen and oxygen atoms in total. The summed E-state index contributed by atoms with van der Waals surface area (Å²) in [7, 11) is 0. The maximum atomic E-state index is 12.7. The number of nitrogens with one attached hydrogen (secondary N) is 3. The Morgan fingerprint density at radius 2 is 1.35 bits per heavy atom. The molecule has 4 atom stereocenters. The number of rotatable bonds is 18. The largest absolute Gasteiger partial charge is 0.480 e. The molecule has 0 saturated carbocycles. The second kappa shape index (κ2) is 18.1. The van der Waals surface area contributed by atoms with Gasteiger partial charge < -0.3 is 43.4 Å². The average Bonchev–Trinajstić information content (AvgIpc) is 2.79. The molecule has 34 heavy (non-hydrogen) atoms. The highest BCUT2D eigenvalue weighted by Gasteiger charge is 2.29. The molecule has 4 unspecified atom stereocenters. The molecule has 0 bridgehead atoms. The fourth-order valence-corrected chi connectivity index (χ4v) is 3.61. The number of carboxylic acids is 1. The number of guanidine groups is 1. The molecule has 0 fully saturated rings. The van der Waals surface area contributed by atoms with E-state index in [0.29, 0.717) is 17.9 Å². The van der Waals surface area contributed by atoms with Gasteiger partial charge in [-0.2, -0.15) is 23.5 Å². The topological polar surface area (TPSA) is 235 Å². The van der Waals surface area contributed by atoms with Crippen molar-refractivity contribution in [1.29, 1.82) is 0 Å². The molecule has 0 heterocycles. The van der Waals surface area contributed by atoms with E-state index in [1.54, 1.807) is 0 Å². The molecule has 0 saturated heterocycles. The summed E-state index contributed by atoms with van der Waals surface area (Å²) in [6, 6.07) is -4.44. The molecule has 0 radical (unpaired) electrons. The van der Waals surface area contributed by atoms with Gasteiger partial charge in [0.25, 0.3) is 0 Å². The van der Waals surface area contributed by atoms with E-state index >= 15 is 0 Å². The zero-order valence-electron chi connectivity index (χ0n) is 19.5. The van der Waals surface area contributed by atoms with Crippen molar-refractivity contribution < 1.29 is 29.4 Å². The summed E-state index contributed by atoms with van der Waals surface area (Å²) in [5.41, 5.74) is 16.3. The van der Waals surface area contributed by atoms with Crippen LogP contribution >= 0.6 is 23.5 Å². The monoisotopic (exact) mass is 523 g/mol. The highest BCUT2D eigenvalue weighted by atomic mass is 32.2. The summed E-state index contributed by atoms with van der Waals surface area (Å²) in [6.45, 7) is -0.436. The number of amides is 3. The quantitative estimate of drug-likeness (QED) is 0.0527. The average molecular weight is 524 g/mol. The van der Waals surface area contributed by atoms with Crippen molar-refractivity contribution in [3.63, 3.8) is 0 Å². The maximum Gasteiger partial charge on any atom is 0.326 e. The van der Waals surface area contributed by atoms with Crippen molar-refractivity contribution in [3.05, 3.63) is 0 Å². The number of nitrogens with zero attached hydrogens (tertiary/aromatic N) is 1. The van der Waals surface area contributed by atoms with Gasteiger partial charge in [-0.15, -0.1) is 0 Å². The van der Waals surface area contributed by atoms with Gasteiger partial charge in [-0.3, -0.25) is 19.4 Å². The number of hydrogen-bond donors (Lipinski definition) is 8. The number of aliphatic carboxylic acids is 1. The fraction of sp³-hybridized carbons (Fsp3) is 0.737. The Morgan fingerprint density at radius 1 is 0.853 bits per heavy atom. The van der Waals surface area contributed by atoms with Crippen LogP contribution in [0.15, 0.2) is 4.99 Å². The molecule has 0 aliphatic rings. The van der Waals surface area contributed by atoms with Crippen LogP contribution in [0.1, 0.15) is 25.7 Å². The van der Waals surface area contributed by atoms with Gasteiger partial charge >= 0.3 is 5.97 Å². The van der Waals surface area contributed by atoms with Crippen LogP contribution in [0.4, 0.5) is 0 Å². The summed E-state index contributed by atoms with van der Waals surface area (Å²) in [5.74, 6) is -2.31. The van der Waals surface area contributed by atoms with Crippen LogP contribution in [0.5, 0.6) is 0 Å². The third kappa shape index (κ3) is 13.5. The molecule has 0 rings (SSSR count). The van der Waals surface area contributed by atoms with Gasteiger partial charge in [0.15, 0.2) is 5.96 Å². The molecule has 0 aromatic carbocycles. The predicted molar refractivity (Wildman–Crippen MR) is 134 cm³/mol. The first-order valence-corrected chi connectivity index (χ1v) is 13.4. The van der Waals surface area contributed by atoms with Crippen LogP contribution in [-0.4, -0.2) is 101 Å². The maximum absolute atomic E-state index is 12.7. The predicted octanol–water partition coefficient (Wildman–Crippen LogP) is -2.60. The Bertz CT molecular complexity index is 694. The Balaban J connectivity index is 5.07. The Hall–Kier alpha value is -2.23. The molecule has 11 N–H and O–H groups in total. The zero-order valence-corrected chi connectivity index (χ0v) is 21.1. The number of aliphatic hydroxyl groups is 1. The van der Waals surface area contributed by atoms with Crippen molar-refractivity contribution in [2.45, 2.75) is 49.9 Å². The molecule has 0 aromatic heterocycles. The van der Waals surface area contributed by atoms with Crippen LogP contribution in [0, 0.1) is 0 Å². The molecule has 0 aromatic rings. The summed E-state index contributed by atoms with van der Waals surface area (Å²) in [6.07, 6.45) is 4.77. The third-order valence-corrected chi connectivity index (χ3v) is 5.88. The van der Waals surface area contributed by atoms with E-state index in [1.807, 2.05) is 12.5 Å². The van der Waals surface area contributed by atoms with Crippen LogP contribution in [0.3, 0.4) is 0 Å². The van der Waals surface area contributed by atoms with Gasteiger partial charge in [0, 0.05) is 6.54 Å². The number of carbonyl (C=O) groups excluding carboxylic acids is 3. The first kappa shape index (κ1) is 31.8. The van der Waals surface area contributed by atoms with Crippen LogP contribution in [0.25, 0.3) is 0 Å². The number of aliphatic hydroxyl groups excluding tert-OH is 1. The lowest BCUT2D eigenvalue weighted by Gasteiger charge is -2.24. The number of carboxylic acid groups (broad SMARTS) is 1. The Kier molecular flexibility index (Phi) is 17.0. The standard InChI is InChI=1S/C19H37N7O6S2/c1-33-8-5-12(16(29)25-13(18(31)32)6-9-34-2)24-17(30)14(10-27)26-15(28)11(20)4-3-7-23-19(21)22/h11-14,27H,3-10,20H2,1-2H3,(H,24,30)(H,25,29)(H,26,28)(H,31,32)(H4,21,22,23). The smallest absolute Gasteiger partial charge is 0.326 e. The van der Waals surface area contributed by atoms with Crippen molar-refractivity contribution in [3.8, 4) is 0 Å². The van der Waals surface area contributed by atoms with Gasteiger partial charge in [0.2, 0.25) is 17.7 Å². The second-order valence-electron chi connectivity index (χ2n) is 7.32. The van der Waals surface area contributed by atoms with Gasteiger partial charge in [0.05, 0.1) is 12.6 Å². The van der Waals surface area contributed by atoms with E-state index in [4.69, 9.17) is 17.2 Å². The Labute approximate surface area is 207 Å². The highest BCUT2D eigenvalue weighted by molar-refractivity contribution is 7.98. The minimum absolute atomic E-state index is 0.0750. The second-order valence-corrected chi connectivity index (χ2v) is 9.29. The van der Waals surface area contributed by atoms with Gasteiger partial charge in [0.1, 0.15) is 18.1 Å². The minimum atomic E-state index is -1.34.